The quantitative estimate of drug-likeness (QED) is 0.547. The van der Waals surface area contributed by atoms with Gasteiger partial charge in [-0.3, -0.25) is 0 Å². The molecular weight excluding hydrogens is 447 g/mol. The highest BCUT2D eigenvalue weighted by Crippen LogP contribution is 2.38. The topological polar surface area (TPSA) is 81.0 Å². The SMILES string of the molecule is COc1ccc(C)cc1S(=O)(=O)N(Cl)c1cc(O[C@H]2CCNC[C@H]2F)c2occc2c1. The lowest BCUT2D eigenvalue weighted by Gasteiger charge is -2.27. The second-order valence-corrected chi connectivity index (χ2v) is 9.62. The minimum atomic E-state index is -4.17. The molecule has 1 aliphatic heterocycles. The van der Waals surface area contributed by atoms with E-state index in [0.717, 1.165) is 5.56 Å². The Balaban J connectivity index is 1.75. The zero-order chi connectivity index (χ0) is 22.2. The molecule has 1 N–H and O–H groups in total. The number of fused-ring (bicyclic) bond motifs is 1. The van der Waals surface area contributed by atoms with Crippen LogP contribution in [-0.4, -0.2) is 40.9 Å². The minimum Gasteiger partial charge on any atom is -0.495 e. The Kier molecular flexibility index (Phi) is 6.00. The molecule has 166 valence electrons. The van der Waals surface area contributed by atoms with Crippen molar-refractivity contribution >= 4 is 38.5 Å². The first-order valence-electron chi connectivity index (χ1n) is 9.69. The normalized spacial score (nSPS) is 19.4. The van der Waals surface area contributed by atoms with Crippen molar-refractivity contribution in [3.63, 3.8) is 0 Å². The molecule has 1 aromatic heterocycles. The van der Waals surface area contributed by atoms with Gasteiger partial charge < -0.3 is 19.2 Å². The van der Waals surface area contributed by atoms with Crippen molar-refractivity contribution in [1.82, 2.24) is 5.32 Å². The molecule has 4 rings (SSSR count). The molecule has 2 heterocycles. The Labute approximate surface area is 184 Å². The highest BCUT2D eigenvalue weighted by Gasteiger charge is 2.31. The van der Waals surface area contributed by atoms with Crippen LogP contribution >= 0.6 is 11.8 Å². The molecule has 0 spiro atoms. The van der Waals surface area contributed by atoms with Crippen LogP contribution in [0, 0.1) is 6.92 Å². The molecule has 7 nitrogen and oxygen atoms in total. The van der Waals surface area contributed by atoms with Gasteiger partial charge in [-0.15, -0.1) is 0 Å². The van der Waals surface area contributed by atoms with Crippen molar-refractivity contribution in [2.24, 2.45) is 0 Å². The number of piperidine rings is 1. The van der Waals surface area contributed by atoms with Crippen LogP contribution in [0.2, 0.25) is 0 Å². The molecule has 10 heteroatoms. The van der Waals surface area contributed by atoms with Gasteiger partial charge in [0.25, 0.3) is 10.0 Å². The largest absolute Gasteiger partial charge is 0.495 e. The summed E-state index contributed by atoms with van der Waals surface area (Å²) >= 11 is 6.34. The summed E-state index contributed by atoms with van der Waals surface area (Å²) in [5.41, 5.74) is 1.27. The third-order valence-electron chi connectivity index (χ3n) is 5.14. The lowest BCUT2D eigenvalue weighted by molar-refractivity contribution is 0.0736. The van der Waals surface area contributed by atoms with Crippen molar-refractivity contribution < 1.29 is 26.7 Å². The van der Waals surface area contributed by atoms with Gasteiger partial charge in [-0.25, -0.2) is 4.39 Å². The van der Waals surface area contributed by atoms with Crippen molar-refractivity contribution in [2.75, 3.05) is 24.0 Å². The Morgan fingerprint density at radius 1 is 1.23 bits per heavy atom. The summed E-state index contributed by atoms with van der Waals surface area (Å²) in [6, 6.07) is 9.46. The van der Waals surface area contributed by atoms with Gasteiger partial charge in [0.2, 0.25) is 0 Å². The standard InChI is InChI=1S/C21H22ClFN2O5S/c1-13-3-4-18(28-2)20(9-13)31(26,27)25(22)15-10-14-6-8-29-21(14)19(11-15)30-17-5-7-24-12-16(17)23/h3-4,6,8-11,16-17,24H,5,7,12H2,1-2H3/t16-,17+/m1/s1. The van der Waals surface area contributed by atoms with E-state index in [0.29, 0.717) is 27.8 Å². The number of halogens is 2. The van der Waals surface area contributed by atoms with E-state index in [2.05, 4.69) is 5.32 Å². The predicted molar refractivity (Wildman–Crippen MR) is 116 cm³/mol. The lowest BCUT2D eigenvalue weighted by Crippen LogP contribution is -2.44. The number of methoxy groups -OCH3 is 1. The summed E-state index contributed by atoms with van der Waals surface area (Å²) in [6.45, 7) is 2.58. The van der Waals surface area contributed by atoms with Crippen molar-refractivity contribution in [3.05, 3.63) is 48.2 Å². The van der Waals surface area contributed by atoms with Crippen LogP contribution in [0.4, 0.5) is 10.1 Å². The van der Waals surface area contributed by atoms with E-state index < -0.39 is 22.3 Å². The molecule has 0 amide bonds. The summed E-state index contributed by atoms with van der Waals surface area (Å²) in [5, 5.41) is 3.54. The van der Waals surface area contributed by atoms with E-state index >= 15 is 0 Å². The van der Waals surface area contributed by atoms with E-state index in [-0.39, 0.29) is 28.6 Å². The smallest absolute Gasteiger partial charge is 0.281 e. The van der Waals surface area contributed by atoms with Gasteiger partial charge in [-0.1, -0.05) is 6.07 Å². The summed E-state index contributed by atoms with van der Waals surface area (Å²) in [4.78, 5) is -0.0677. The van der Waals surface area contributed by atoms with Crippen LogP contribution < -0.4 is 18.6 Å². The van der Waals surface area contributed by atoms with E-state index in [1.54, 1.807) is 31.2 Å². The third kappa shape index (κ3) is 4.17. The maximum Gasteiger partial charge on any atom is 0.281 e. The van der Waals surface area contributed by atoms with E-state index in [9.17, 15) is 12.8 Å². The highest BCUT2D eigenvalue weighted by atomic mass is 35.5. The van der Waals surface area contributed by atoms with Gasteiger partial charge >= 0.3 is 0 Å². The molecule has 0 saturated carbocycles. The molecule has 0 bridgehead atoms. The second kappa shape index (κ2) is 8.57. The Hall–Kier alpha value is -2.49. The lowest BCUT2D eigenvalue weighted by atomic mass is 10.1. The highest BCUT2D eigenvalue weighted by molar-refractivity contribution is 7.94. The van der Waals surface area contributed by atoms with Crippen molar-refractivity contribution in [2.45, 2.75) is 30.5 Å². The molecule has 1 aliphatic rings. The number of anilines is 1. The predicted octanol–water partition coefficient (Wildman–Crippen LogP) is 4.18. The molecule has 3 aromatic rings. The number of nitrogens with one attached hydrogen (secondary N) is 1. The van der Waals surface area contributed by atoms with Gasteiger partial charge in [0, 0.05) is 29.8 Å². The van der Waals surface area contributed by atoms with Crippen LogP contribution in [0.3, 0.4) is 0 Å². The van der Waals surface area contributed by atoms with Gasteiger partial charge in [0.15, 0.2) is 11.3 Å². The van der Waals surface area contributed by atoms with Crippen LogP contribution in [0.5, 0.6) is 11.5 Å². The van der Waals surface area contributed by atoms with E-state index in [1.165, 1.54) is 25.5 Å². The van der Waals surface area contributed by atoms with Crippen LogP contribution in [0.1, 0.15) is 12.0 Å². The zero-order valence-corrected chi connectivity index (χ0v) is 18.5. The maximum absolute atomic E-state index is 14.3. The Morgan fingerprint density at radius 3 is 2.77 bits per heavy atom. The first-order valence-corrected chi connectivity index (χ1v) is 11.5. The maximum atomic E-state index is 14.3. The number of alkyl halides is 1. The van der Waals surface area contributed by atoms with Gasteiger partial charge in [0.1, 0.15) is 22.9 Å². The first-order chi connectivity index (χ1) is 14.8. The average molecular weight is 469 g/mol. The molecule has 2 aromatic carbocycles. The van der Waals surface area contributed by atoms with Gasteiger partial charge in [-0.05, 0) is 49.7 Å². The van der Waals surface area contributed by atoms with Crippen LogP contribution in [0.15, 0.2) is 52.0 Å². The van der Waals surface area contributed by atoms with Crippen molar-refractivity contribution in [1.29, 1.82) is 0 Å². The summed E-state index contributed by atoms with van der Waals surface area (Å²) < 4.78 is 58.1. The number of hydrogen-bond donors (Lipinski definition) is 1. The Bertz CT molecular complexity index is 1200. The average Bonchev–Trinajstić information content (AvgIpc) is 3.23. The third-order valence-corrected chi connectivity index (χ3v) is 7.39. The monoisotopic (exact) mass is 468 g/mol. The summed E-state index contributed by atoms with van der Waals surface area (Å²) in [5.74, 6) is 0.399. The van der Waals surface area contributed by atoms with Gasteiger partial charge in [0.05, 0.1) is 19.1 Å². The zero-order valence-electron chi connectivity index (χ0n) is 17.0. The number of furan rings is 1. The number of ether oxygens (including phenoxy) is 2. The number of hydrogen-bond acceptors (Lipinski definition) is 6. The molecule has 1 fully saturated rings. The second-order valence-electron chi connectivity index (χ2n) is 7.32. The molecule has 0 unspecified atom stereocenters. The number of benzene rings is 2. The van der Waals surface area contributed by atoms with E-state index in [1.807, 2.05) is 0 Å². The fourth-order valence-electron chi connectivity index (χ4n) is 3.53. The molecule has 31 heavy (non-hydrogen) atoms. The first kappa shape index (κ1) is 21.7. The summed E-state index contributed by atoms with van der Waals surface area (Å²) in [6.07, 6.45) is 0.0430. The van der Waals surface area contributed by atoms with E-state index in [4.69, 9.17) is 25.7 Å². The summed E-state index contributed by atoms with van der Waals surface area (Å²) in [7, 11) is -2.78. The number of aryl methyl sites for hydroxylation is 1. The molecule has 1 saturated heterocycles. The Morgan fingerprint density at radius 2 is 2.03 bits per heavy atom. The fourth-order valence-corrected chi connectivity index (χ4v) is 5.14. The number of rotatable bonds is 6. The van der Waals surface area contributed by atoms with Gasteiger partial charge in [-0.2, -0.15) is 12.2 Å². The van der Waals surface area contributed by atoms with Crippen molar-refractivity contribution in [3.8, 4) is 11.5 Å². The molecule has 2 atom stereocenters. The van der Waals surface area contributed by atoms with Crippen LogP contribution in [-0.2, 0) is 10.0 Å². The molecular formula is C21H22ClFN2O5S. The minimum absolute atomic E-state index is 0.0677. The van der Waals surface area contributed by atoms with Crippen LogP contribution in [0.25, 0.3) is 11.0 Å². The fraction of sp³-hybridized carbons (Fsp3) is 0.333. The number of nitrogens with zero attached hydrogens (tertiary/aromatic N) is 1. The number of sulfonamides is 1. The molecule has 0 radical (unpaired) electrons. The molecule has 0 aliphatic carbocycles.